The van der Waals surface area contributed by atoms with Crippen LogP contribution < -0.4 is 5.32 Å². The standard InChI is InChI=1S/C18H27NO/c1-3-18(2)13-15(11-12-20-18)19-17-10-6-8-14-7-4-5-9-16(14)17/h6,8,10,15,19H,3-5,7,9,11-13H2,1-2H3. The molecule has 1 aliphatic heterocycles. The highest BCUT2D eigenvalue weighted by Gasteiger charge is 2.31. The first-order chi connectivity index (χ1) is 9.70. The van der Waals surface area contributed by atoms with Crippen molar-refractivity contribution in [2.24, 2.45) is 0 Å². The van der Waals surface area contributed by atoms with E-state index in [1.165, 1.54) is 31.4 Å². The molecular weight excluding hydrogens is 246 g/mol. The van der Waals surface area contributed by atoms with Crippen LogP contribution in [0.4, 0.5) is 5.69 Å². The Labute approximate surface area is 122 Å². The fraction of sp³-hybridized carbons (Fsp3) is 0.667. The van der Waals surface area contributed by atoms with Crippen molar-refractivity contribution in [2.45, 2.75) is 70.4 Å². The van der Waals surface area contributed by atoms with Crippen LogP contribution in [0.5, 0.6) is 0 Å². The van der Waals surface area contributed by atoms with Crippen LogP contribution in [0.3, 0.4) is 0 Å². The van der Waals surface area contributed by atoms with Crippen LogP contribution >= 0.6 is 0 Å². The topological polar surface area (TPSA) is 21.3 Å². The quantitative estimate of drug-likeness (QED) is 0.885. The Bertz CT molecular complexity index is 470. The van der Waals surface area contributed by atoms with Crippen molar-refractivity contribution in [3.05, 3.63) is 29.3 Å². The summed E-state index contributed by atoms with van der Waals surface area (Å²) in [5.74, 6) is 0. The van der Waals surface area contributed by atoms with Crippen LogP contribution in [-0.2, 0) is 17.6 Å². The van der Waals surface area contributed by atoms with Crippen LogP contribution in [0.15, 0.2) is 18.2 Å². The molecule has 0 radical (unpaired) electrons. The summed E-state index contributed by atoms with van der Waals surface area (Å²) >= 11 is 0. The molecule has 0 spiro atoms. The maximum absolute atomic E-state index is 5.96. The van der Waals surface area contributed by atoms with Gasteiger partial charge in [0, 0.05) is 18.3 Å². The van der Waals surface area contributed by atoms with E-state index in [1.807, 2.05) is 0 Å². The Morgan fingerprint density at radius 2 is 2.15 bits per heavy atom. The SMILES string of the molecule is CCC1(C)CC(Nc2cccc3c2CCCC3)CCO1. The number of anilines is 1. The summed E-state index contributed by atoms with van der Waals surface area (Å²) in [6.45, 7) is 5.37. The van der Waals surface area contributed by atoms with Gasteiger partial charge in [-0.2, -0.15) is 0 Å². The number of fused-ring (bicyclic) bond motifs is 1. The Balaban J connectivity index is 1.75. The molecule has 1 aliphatic carbocycles. The first kappa shape index (κ1) is 13.9. The summed E-state index contributed by atoms with van der Waals surface area (Å²) in [5, 5.41) is 3.82. The normalized spacial score (nSPS) is 29.8. The summed E-state index contributed by atoms with van der Waals surface area (Å²) in [5.41, 5.74) is 4.58. The molecule has 20 heavy (non-hydrogen) atoms. The molecule has 1 saturated heterocycles. The van der Waals surface area contributed by atoms with Gasteiger partial charge < -0.3 is 10.1 Å². The Hall–Kier alpha value is -1.02. The molecule has 1 aromatic rings. The van der Waals surface area contributed by atoms with Gasteiger partial charge in [-0.1, -0.05) is 19.1 Å². The summed E-state index contributed by atoms with van der Waals surface area (Å²) in [6.07, 6.45) is 8.52. The third-order valence-corrected chi connectivity index (χ3v) is 5.10. The van der Waals surface area contributed by atoms with E-state index in [4.69, 9.17) is 4.74 Å². The number of ether oxygens (including phenoxy) is 1. The van der Waals surface area contributed by atoms with E-state index in [0.717, 1.165) is 25.9 Å². The first-order valence-corrected chi connectivity index (χ1v) is 8.21. The number of benzene rings is 1. The van der Waals surface area contributed by atoms with Gasteiger partial charge in [-0.15, -0.1) is 0 Å². The smallest absolute Gasteiger partial charge is 0.0671 e. The molecule has 0 bridgehead atoms. The Morgan fingerprint density at radius 3 is 3.00 bits per heavy atom. The monoisotopic (exact) mass is 273 g/mol. The average molecular weight is 273 g/mol. The van der Waals surface area contributed by atoms with E-state index in [1.54, 1.807) is 11.1 Å². The van der Waals surface area contributed by atoms with Gasteiger partial charge in [0.15, 0.2) is 0 Å². The van der Waals surface area contributed by atoms with Crippen LogP contribution in [0.2, 0.25) is 0 Å². The summed E-state index contributed by atoms with van der Waals surface area (Å²) < 4.78 is 5.96. The molecule has 0 saturated carbocycles. The van der Waals surface area contributed by atoms with Crippen LogP contribution in [0.1, 0.15) is 57.1 Å². The fourth-order valence-electron chi connectivity index (χ4n) is 3.64. The predicted octanol–water partition coefficient (Wildman–Crippen LogP) is 4.33. The first-order valence-electron chi connectivity index (χ1n) is 8.21. The van der Waals surface area contributed by atoms with E-state index >= 15 is 0 Å². The largest absolute Gasteiger partial charge is 0.382 e. The fourth-order valence-corrected chi connectivity index (χ4v) is 3.64. The van der Waals surface area contributed by atoms with E-state index in [9.17, 15) is 0 Å². The second-order valence-electron chi connectivity index (χ2n) is 6.64. The molecular formula is C18H27NO. The zero-order valence-electron chi connectivity index (χ0n) is 12.9. The van der Waals surface area contributed by atoms with Gasteiger partial charge in [0.25, 0.3) is 0 Å². The van der Waals surface area contributed by atoms with Gasteiger partial charge in [-0.3, -0.25) is 0 Å². The molecule has 1 heterocycles. The highest BCUT2D eigenvalue weighted by atomic mass is 16.5. The molecule has 2 nitrogen and oxygen atoms in total. The molecule has 2 heteroatoms. The second-order valence-corrected chi connectivity index (χ2v) is 6.64. The van der Waals surface area contributed by atoms with Gasteiger partial charge in [0.05, 0.1) is 5.60 Å². The third-order valence-electron chi connectivity index (χ3n) is 5.10. The lowest BCUT2D eigenvalue weighted by molar-refractivity contribution is -0.0708. The third kappa shape index (κ3) is 2.85. The van der Waals surface area contributed by atoms with Crippen molar-refractivity contribution in [1.82, 2.24) is 0 Å². The maximum atomic E-state index is 5.96. The van der Waals surface area contributed by atoms with Crippen molar-refractivity contribution in [1.29, 1.82) is 0 Å². The molecule has 1 N–H and O–H groups in total. The Kier molecular flexibility index (Phi) is 4.02. The van der Waals surface area contributed by atoms with Gasteiger partial charge in [-0.25, -0.2) is 0 Å². The molecule has 1 fully saturated rings. The van der Waals surface area contributed by atoms with Crippen molar-refractivity contribution < 1.29 is 4.74 Å². The number of aryl methyl sites for hydroxylation is 1. The molecule has 110 valence electrons. The lowest BCUT2D eigenvalue weighted by atomic mass is 9.88. The lowest BCUT2D eigenvalue weighted by Crippen LogP contribution is -2.42. The molecule has 2 atom stereocenters. The van der Waals surface area contributed by atoms with Gasteiger partial charge in [-0.05, 0) is 69.1 Å². The molecule has 2 aliphatic rings. The molecule has 3 rings (SSSR count). The zero-order valence-corrected chi connectivity index (χ0v) is 12.9. The second kappa shape index (κ2) is 5.77. The Morgan fingerprint density at radius 1 is 1.30 bits per heavy atom. The lowest BCUT2D eigenvalue weighted by Gasteiger charge is -2.39. The van der Waals surface area contributed by atoms with Gasteiger partial charge in [0.2, 0.25) is 0 Å². The number of rotatable bonds is 3. The highest BCUT2D eigenvalue weighted by molar-refractivity contribution is 5.56. The highest BCUT2D eigenvalue weighted by Crippen LogP contribution is 2.32. The average Bonchev–Trinajstić information content (AvgIpc) is 2.48. The number of nitrogens with one attached hydrogen (secondary N) is 1. The molecule has 1 aromatic carbocycles. The number of hydrogen-bond acceptors (Lipinski definition) is 2. The van der Waals surface area contributed by atoms with E-state index in [-0.39, 0.29) is 5.60 Å². The maximum Gasteiger partial charge on any atom is 0.0671 e. The molecule has 0 aromatic heterocycles. The summed E-state index contributed by atoms with van der Waals surface area (Å²) in [4.78, 5) is 0. The predicted molar refractivity (Wildman–Crippen MR) is 84.4 cm³/mol. The van der Waals surface area contributed by atoms with Gasteiger partial charge in [0.1, 0.15) is 0 Å². The van der Waals surface area contributed by atoms with Crippen molar-refractivity contribution in [3.63, 3.8) is 0 Å². The van der Waals surface area contributed by atoms with Crippen LogP contribution in [0, 0.1) is 0 Å². The van der Waals surface area contributed by atoms with Crippen molar-refractivity contribution in [2.75, 3.05) is 11.9 Å². The minimum atomic E-state index is 0.0603. The minimum Gasteiger partial charge on any atom is -0.382 e. The van der Waals surface area contributed by atoms with Gasteiger partial charge >= 0.3 is 0 Å². The van der Waals surface area contributed by atoms with E-state index in [0.29, 0.717) is 6.04 Å². The van der Waals surface area contributed by atoms with Crippen molar-refractivity contribution in [3.8, 4) is 0 Å². The van der Waals surface area contributed by atoms with Crippen molar-refractivity contribution >= 4 is 5.69 Å². The minimum absolute atomic E-state index is 0.0603. The molecule has 0 amide bonds. The van der Waals surface area contributed by atoms with Crippen LogP contribution in [-0.4, -0.2) is 18.2 Å². The zero-order chi connectivity index (χ0) is 14.0. The van der Waals surface area contributed by atoms with E-state index in [2.05, 4.69) is 37.4 Å². The molecule has 2 unspecified atom stereocenters. The number of hydrogen-bond donors (Lipinski definition) is 1. The van der Waals surface area contributed by atoms with Crippen LogP contribution in [0.25, 0.3) is 0 Å². The summed E-state index contributed by atoms with van der Waals surface area (Å²) in [6, 6.07) is 7.34. The van der Waals surface area contributed by atoms with E-state index < -0.39 is 0 Å². The summed E-state index contributed by atoms with van der Waals surface area (Å²) in [7, 11) is 0.